The fourth-order valence-electron chi connectivity index (χ4n) is 1.68. The summed E-state index contributed by atoms with van der Waals surface area (Å²) in [6.45, 7) is 0. The van der Waals surface area contributed by atoms with Crippen molar-refractivity contribution in [3.63, 3.8) is 0 Å². The van der Waals surface area contributed by atoms with Gasteiger partial charge in [-0.2, -0.15) is 0 Å². The Morgan fingerprint density at radius 2 is 1.90 bits per heavy atom. The number of hydrogen-bond donors (Lipinski definition) is 2. The predicted octanol–water partition coefficient (Wildman–Crippen LogP) is 3.74. The molecule has 2 aromatic rings. The van der Waals surface area contributed by atoms with Gasteiger partial charge in [-0.05, 0) is 18.2 Å². The molecule has 0 atom stereocenters. The van der Waals surface area contributed by atoms with Gasteiger partial charge in [0.1, 0.15) is 0 Å². The van der Waals surface area contributed by atoms with Gasteiger partial charge in [-0.3, -0.25) is 14.9 Å². The normalized spacial score (nSPS) is 10.2. The second-order valence-corrected chi connectivity index (χ2v) is 4.89. The van der Waals surface area contributed by atoms with Crippen LogP contribution in [0.25, 0.3) is 0 Å². The summed E-state index contributed by atoms with van der Waals surface area (Å²) in [4.78, 5) is 22.2. The van der Waals surface area contributed by atoms with Crippen molar-refractivity contribution in [2.24, 2.45) is 0 Å². The van der Waals surface area contributed by atoms with Crippen molar-refractivity contribution in [3.8, 4) is 0 Å². The number of hydrogen-bond acceptors (Lipinski definition) is 4. The highest BCUT2D eigenvalue weighted by molar-refractivity contribution is 6.36. The van der Waals surface area contributed by atoms with E-state index >= 15 is 0 Å². The van der Waals surface area contributed by atoms with Crippen LogP contribution in [0, 0.1) is 10.1 Å². The molecule has 0 bridgehead atoms. The Balaban J connectivity index is 2.30. The lowest BCUT2D eigenvalue weighted by Gasteiger charge is -2.10. The lowest BCUT2D eigenvalue weighted by molar-refractivity contribution is -0.384. The van der Waals surface area contributed by atoms with Gasteiger partial charge in [0.15, 0.2) is 0 Å². The number of carbonyl (C=O) groups excluding carboxylic acids is 1. The predicted molar refractivity (Wildman–Crippen MR) is 81.9 cm³/mol. The summed E-state index contributed by atoms with van der Waals surface area (Å²) in [5.41, 5.74) is 6.11. The molecule has 0 aliphatic heterocycles. The number of benzene rings is 2. The third-order valence-electron chi connectivity index (χ3n) is 2.68. The minimum atomic E-state index is -0.580. The lowest BCUT2D eigenvalue weighted by Crippen LogP contribution is -2.15. The molecule has 0 aliphatic carbocycles. The Labute approximate surface area is 129 Å². The topological polar surface area (TPSA) is 98.3 Å². The molecule has 108 valence electrons. The molecule has 0 saturated carbocycles. The summed E-state index contributed by atoms with van der Waals surface area (Å²) in [5, 5.41) is 13.4. The highest BCUT2D eigenvalue weighted by Gasteiger charge is 2.16. The highest BCUT2D eigenvalue weighted by Crippen LogP contribution is 2.29. The number of nitrogen functional groups attached to an aromatic ring is 1. The van der Waals surface area contributed by atoms with Crippen molar-refractivity contribution in [1.82, 2.24) is 0 Å². The van der Waals surface area contributed by atoms with E-state index in [9.17, 15) is 14.9 Å². The Bertz CT molecular complexity index is 714. The van der Waals surface area contributed by atoms with Crippen LogP contribution in [0.5, 0.6) is 0 Å². The number of rotatable bonds is 3. The first-order valence-electron chi connectivity index (χ1n) is 5.69. The fourth-order valence-corrected chi connectivity index (χ4v) is 2.17. The zero-order valence-corrected chi connectivity index (χ0v) is 12.0. The molecule has 21 heavy (non-hydrogen) atoms. The summed E-state index contributed by atoms with van der Waals surface area (Å²) in [6.07, 6.45) is 0. The Hall–Kier alpha value is -2.31. The second kappa shape index (κ2) is 5.99. The molecular weight excluding hydrogens is 317 g/mol. The van der Waals surface area contributed by atoms with Gasteiger partial charge in [0, 0.05) is 17.8 Å². The van der Waals surface area contributed by atoms with Crippen molar-refractivity contribution in [2.75, 3.05) is 11.1 Å². The van der Waals surface area contributed by atoms with Crippen LogP contribution in [0.2, 0.25) is 10.0 Å². The molecule has 0 unspecified atom stereocenters. The van der Waals surface area contributed by atoms with Gasteiger partial charge >= 0.3 is 0 Å². The van der Waals surface area contributed by atoms with Crippen LogP contribution in [0.4, 0.5) is 17.1 Å². The van der Waals surface area contributed by atoms with Crippen LogP contribution in [0.3, 0.4) is 0 Å². The van der Waals surface area contributed by atoms with Crippen LogP contribution in [0.1, 0.15) is 10.4 Å². The molecule has 2 aromatic carbocycles. The molecule has 0 radical (unpaired) electrons. The van der Waals surface area contributed by atoms with E-state index in [0.29, 0.717) is 0 Å². The molecule has 8 heteroatoms. The maximum Gasteiger partial charge on any atom is 0.271 e. The lowest BCUT2D eigenvalue weighted by atomic mass is 10.1. The van der Waals surface area contributed by atoms with Gasteiger partial charge in [0.2, 0.25) is 0 Å². The zero-order valence-electron chi connectivity index (χ0n) is 10.5. The number of non-ortho nitro benzene ring substituents is 1. The van der Waals surface area contributed by atoms with Crippen molar-refractivity contribution >= 4 is 46.2 Å². The first kappa shape index (κ1) is 15.1. The van der Waals surface area contributed by atoms with E-state index in [1.807, 2.05) is 0 Å². The van der Waals surface area contributed by atoms with Crippen LogP contribution in [0.15, 0.2) is 36.4 Å². The monoisotopic (exact) mass is 325 g/mol. The van der Waals surface area contributed by atoms with Gasteiger partial charge in [-0.1, -0.05) is 29.3 Å². The number of amides is 1. The zero-order chi connectivity index (χ0) is 15.6. The highest BCUT2D eigenvalue weighted by atomic mass is 35.5. The molecule has 0 aromatic heterocycles. The van der Waals surface area contributed by atoms with Crippen molar-refractivity contribution in [3.05, 3.63) is 62.1 Å². The van der Waals surface area contributed by atoms with E-state index < -0.39 is 10.8 Å². The second-order valence-electron chi connectivity index (χ2n) is 4.08. The summed E-state index contributed by atoms with van der Waals surface area (Å²) < 4.78 is 0. The third kappa shape index (κ3) is 3.24. The first-order chi connectivity index (χ1) is 9.90. The molecule has 6 nitrogen and oxygen atoms in total. The Morgan fingerprint density at radius 1 is 1.19 bits per heavy atom. The van der Waals surface area contributed by atoms with E-state index in [1.165, 1.54) is 24.3 Å². The van der Waals surface area contributed by atoms with Gasteiger partial charge < -0.3 is 11.1 Å². The van der Waals surface area contributed by atoms with Crippen molar-refractivity contribution in [2.45, 2.75) is 0 Å². The number of nitrogens with two attached hydrogens (primary N) is 1. The maximum atomic E-state index is 12.2. The third-order valence-corrected chi connectivity index (χ3v) is 3.31. The summed E-state index contributed by atoms with van der Waals surface area (Å²) in [6, 6.07) is 8.41. The molecular formula is C13H9Cl2N3O3. The maximum absolute atomic E-state index is 12.2. The Morgan fingerprint density at radius 3 is 2.48 bits per heavy atom. The number of carbonyl (C=O) groups is 1. The average molecular weight is 326 g/mol. The summed E-state index contributed by atoms with van der Waals surface area (Å²) in [5.74, 6) is -0.547. The average Bonchev–Trinajstić information content (AvgIpc) is 2.40. The summed E-state index contributed by atoms with van der Waals surface area (Å²) >= 11 is 11.8. The first-order valence-corrected chi connectivity index (χ1v) is 6.45. The van der Waals surface area contributed by atoms with Gasteiger partial charge in [-0.15, -0.1) is 0 Å². The molecule has 0 saturated heterocycles. The van der Waals surface area contributed by atoms with Crippen molar-refractivity contribution < 1.29 is 9.72 Å². The summed E-state index contributed by atoms with van der Waals surface area (Å²) in [7, 11) is 0. The van der Waals surface area contributed by atoms with Crippen LogP contribution in [-0.2, 0) is 0 Å². The minimum Gasteiger partial charge on any atom is -0.398 e. The smallest absolute Gasteiger partial charge is 0.271 e. The standard InChI is InChI=1S/C13H9Cl2N3O3/c14-8-2-1-3-10(16)12(8)13(19)17-11-5-4-7(18(20)21)6-9(11)15/h1-6H,16H2,(H,17,19). The molecule has 2 rings (SSSR count). The largest absolute Gasteiger partial charge is 0.398 e. The van der Waals surface area contributed by atoms with Gasteiger partial charge in [0.05, 0.1) is 26.2 Å². The van der Waals surface area contributed by atoms with Crippen molar-refractivity contribution in [1.29, 1.82) is 0 Å². The van der Waals surface area contributed by atoms with Crippen LogP contribution < -0.4 is 11.1 Å². The van der Waals surface area contributed by atoms with Gasteiger partial charge in [0.25, 0.3) is 11.6 Å². The van der Waals surface area contributed by atoms with Gasteiger partial charge in [-0.25, -0.2) is 0 Å². The molecule has 0 fully saturated rings. The molecule has 0 spiro atoms. The van der Waals surface area contributed by atoms with Crippen LogP contribution >= 0.6 is 23.2 Å². The molecule has 0 heterocycles. The van der Waals surface area contributed by atoms with E-state index in [0.717, 1.165) is 6.07 Å². The number of nitro benzene ring substituents is 1. The van der Waals surface area contributed by atoms with Crippen LogP contribution in [-0.4, -0.2) is 10.8 Å². The minimum absolute atomic E-state index is 0.0446. The Kier molecular flexibility index (Phi) is 4.30. The SMILES string of the molecule is Nc1cccc(Cl)c1C(=O)Nc1ccc([N+](=O)[O-])cc1Cl. The molecule has 3 N–H and O–H groups in total. The van der Waals surface area contributed by atoms with E-state index in [-0.39, 0.29) is 32.7 Å². The van der Waals surface area contributed by atoms with E-state index in [2.05, 4.69) is 5.32 Å². The number of nitrogens with one attached hydrogen (secondary N) is 1. The molecule has 1 amide bonds. The number of nitro groups is 1. The number of nitrogens with zero attached hydrogens (tertiary/aromatic N) is 1. The van der Waals surface area contributed by atoms with E-state index in [1.54, 1.807) is 6.07 Å². The van der Waals surface area contributed by atoms with E-state index in [4.69, 9.17) is 28.9 Å². The molecule has 0 aliphatic rings. The quantitative estimate of drug-likeness (QED) is 0.510. The number of anilines is 2. The fraction of sp³-hybridized carbons (Fsp3) is 0. The number of halogens is 2.